The van der Waals surface area contributed by atoms with Crippen LogP contribution in [0.25, 0.3) is 33.6 Å². The first-order chi connectivity index (χ1) is 28.3. The van der Waals surface area contributed by atoms with Crippen molar-refractivity contribution < 1.29 is 37.4 Å². The first-order valence-electron chi connectivity index (χ1n) is 19.7. The summed E-state index contributed by atoms with van der Waals surface area (Å²) in [6.45, 7) is 2.81. The van der Waals surface area contributed by atoms with E-state index < -0.39 is 54.9 Å². The minimum absolute atomic E-state index is 0.191. The molecule has 3 N–H and O–H groups in total. The molecule has 5 aromatic rings. The Kier molecular flexibility index (Phi) is 10.5. The van der Waals surface area contributed by atoms with Gasteiger partial charge in [-0.15, -0.1) is 0 Å². The summed E-state index contributed by atoms with van der Waals surface area (Å²) in [6.07, 6.45) is 3.62. The second-order valence-electron chi connectivity index (χ2n) is 15.8. The lowest BCUT2D eigenvalue weighted by Gasteiger charge is -2.29. The highest BCUT2D eigenvalue weighted by Crippen LogP contribution is 2.45. The number of aromatic nitrogens is 4. The Hall–Kier alpha value is -6.38. The van der Waals surface area contributed by atoms with E-state index in [1.165, 1.54) is 14.2 Å². The summed E-state index contributed by atoms with van der Waals surface area (Å²) < 4.78 is 39.2. The number of alkyl halides is 2. The van der Waals surface area contributed by atoms with E-state index in [-0.39, 0.29) is 30.1 Å². The van der Waals surface area contributed by atoms with Crippen LogP contribution in [0.5, 0.6) is 0 Å². The zero-order valence-corrected chi connectivity index (χ0v) is 33.1. The highest BCUT2D eigenvalue weighted by atomic mass is 19.3. The van der Waals surface area contributed by atoms with Crippen molar-refractivity contribution in [3.05, 3.63) is 102 Å². The number of hydrogen-bond acceptors (Lipinski definition) is 8. The van der Waals surface area contributed by atoms with E-state index in [9.17, 15) is 28.0 Å². The van der Waals surface area contributed by atoms with E-state index >= 15 is 0 Å². The third-order valence-corrected chi connectivity index (χ3v) is 11.7. The number of carbonyl (C=O) groups is 4. The highest BCUT2D eigenvalue weighted by molar-refractivity contribution is 6.02. The van der Waals surface area contributed by atoms with Crippen LogP contribution in [0.1, 0.15) is 68.0 Å². The van der Waals surface area contributed by atoms with Crippen molar-refractivity contribution in [3.63, 3.8) is 0 Å². The average Bonchev–Trinajstić information content (AvgIpc) is 4.04. The number of nitrogens with zero attached hydrogens (tertiary/aromatic N) is 4. The number of aryl methyl sites for hydroxylation is 1. The van der Waals surface area contributed by atoms with Gasteiger partial charge in [-0.3, -0.25) is 19.3 Å². The molecule has 0 spiro atoms. The molecule has 306 valence electrons. The van der Waals surface area contributed by atoms with Gasteiger partial charge in [0.25, 0.3) is 5.92 Å². The van der Waals surface area contributed by atoms with Gasteiger partial charge in [0.05, 0.1) is 74.7 Å². The van der Waals surface area contributed by atoms with Crippen LogP contribution in [0.2, 0.25) is 0 Å². The van der Waals surface area contributed by atoms with Gasteiger partial charge in [0.15, 0.2) is 0 Å². The van der Waals surface area contributed by atoms with Gasteiger partial charge < -0.3 is 29.7 Å². The topological polar surface area (TPSA) is 163 Å². The quantitative estimate of drug-likeness (QED) is 0.125. The monoisotopic (exact) mass is 805 g/mol. The molecule has 3 aliphatic heterocycles. The number of hydrogen-bond donors (Lipinski definition) is 3. The Balaban J connectivity index is 0.964. The number of anilines is 1. The molecule has 4 atom stereocenters. The number of likely N-dealkylation sites (tertiary alicyclic amines) is 1. The number of alkyl carbamates (subject to hydrolysis) is 1. The summed E-state index contributed by atoms with van der Waals surface area (Å²) in [6, 6.07) is 19.8. The van der Waals surface area contributed by atoms with Crippen LogP contribution in [-0.2, 0) is 36.7 Å². The van der Waals surface area contributed by atoms with Crippen molar-refractivity contribution in [3.8, 4) is 33.6 Å². The lowest BCUT2D eigenvalue weighted by atomic mass is 9.91. The Morgan fingerprint density at radius 2 is 1.42 bits per heavy atom. The fraction of sp³-hybridized carbons (Fsp3) is 0.364. The molecular formula is C44H45F2N7O6. The van der Waals surface area contributed by atoms with Gasteiger partial charge in [0.1, 0.15) is 17.7 Å². The Morgan fingerprint density at radius 1 is 0.847 bits per heavy atom. The normalized spacial score (nSPS) is 20.0. The lowest BCUT2D eigenvalue weighted by molar-refractivity contribution is -0.149. The van der Waals surface area contributed by atoms with E-state index in [1.807, 2.05) is 66.7 Å². The van der Waals surface area contributed by atoms with E-state index in [4.69, 9.17) is 14.5 Å². The SMILES string of the molecule is COC(=O)C[C@H](C(=O)N1CC(F)(F)C[C@H]1c1ncc(-c2ccc(-c3ccc(-c4cnc([C@@H]5Cc6cccc7c6N5C(=O)[C@@H](NC(=O)OC)CC7)[nH]4)cc3)cc2)[nH]1)C(C)C. The molecule has 3 amide bonds. The summed E-state index contributed by atoms with van der Waals surface area (Å²) >= 11 is 0. The fourth-order valence-corrected chi connectivity index (χ4v) is 8.55. The summed E-state index contributed by atoms with van der Waals surface area (Å²) in [5, 5.41) is 2.71. The molecule has 0 saturated carbocycles. The summed E-state index contributed by atoms with van der Waals surface area (Å²) in [7, 11) is 2.51. The van der Waals surface area contributed by atoms with E-state index in [0.29, 0.717) is 30.8 Å². The standard InChI is InChI=1S/C44H45F2N7O6/c1-24(2)31(19-37(54)58-3)41(55)52-23-44(45,46)20-36(52)40-48-22-34(50-40)28-14-10-26(11-15-28)25-8-12-27(13-9-25)33-21-47-39(49-33)35-18-30-7-5-6-29-16-17-32(51-43(57)59-4)42(56)53(35)38(29)30/h5-15,21-22,24,31-32,35-36H,16-20,23H2,1-4H3,(H,47,49)(H,48,50)(H,51,57)/t31-,32-,35-,36-/m0/s1. The minimum atomic E-state index is -3.10. The lowest BCUT2D eigenvalue weighted by Crippen LogP contribution is -2.48. The number of rotatable bonds is 10. The maximum Gasteiger partial charge on any atom is 0.407 e. The molecular weight excluding hydrogens is 761 g/mol. The smallest absolute Gasteiger partial charge is 0.407 e. The summed E-state index contributed by atoms with van der Waals surface area (Å²) in [5.41, 5.74) is 8.05. The zero-order valence-electron chi connectivity index (χ0n) is 33.1. The number of esters is 1. The second-order valence-corrected chi connectivity index (χ2v) is 15.8. The molecule has 5 heterocycles. The number of para-hydroxylation sites is 1. The third-order valence-electron chi connectivity index (χ3n) is 11.7. The maximum atomic E-state index is 14.8. The van der Waals surface area contributed by atoms with Crippen molar-refractivity contribution in [1.82, 2.24) is 30.2 Å². The van der Waals surface area contributed by atoms with E-state index in [1.54, 1.807) is 31.1 Å². The maximum absolute atomic E-state index is 14.8. The molecule has 0 unspecified atom stereocenters. The number of amides is 3. The molecule has 0 radical (unpaired) electrons. The molecule has 3 aromatic carbocycles. The number of methoxy groups -OCH3 is 2. The molecule has 15 heteroatoms. The molecule has 3 aliphatic rings. The molecule has 59 heavy (non-hydrogen) atoms. The Morgan fingerprint density at radius 3 is 2.00 bits per heavy atom. The van der Waals surface area contributed by atoms with Crippen LogP contribution in [0.3, 0.4) is 0 Å². The molecule has 0 bridgehead atoms. The number of H-pyrrole nitrogens is 2. The van der Waals surface area contributed by atoms with Crippen molar-refractivity contribution >= 4 is 29.6 Å². The van der Waals surface area contributed by atoms with Gasteiger partial charge in [0, 0.05) is 12.8 Å². The molecule has 1 saturated heterocycles. The molecule has 2 aromatic heterocycles. The van der Waals surface area contributed by atoms with E-state index in [2.05, 4.69) is 20.3 Å². The van der Waals surface area contributed by atoms with E-state index in [0.717, 1.165) is 49.7 Å². The van der Waals surface area contributed by atoms with Crippen LogP contribution in [0.4, 0.5) is 19.3 Å². The number of imidazole rings is 2. The van der Waals surface area contributed by atoms with Gasteiger partial charge >= 0.3 is 12.1 Å². The minimum Gasteiger partial charge on any atom is -0.469 e. The predicted molar refractivity (Wildman–Crippen MR) is 214 cm³/mol. The largest absolute Gasteiger partial charge is 0.469 e. The van der Waals surface area contributed by atoms with Crippen molar-refractivity contribution in [1.29, 1.82) is 0 Å². The number of ether oxygens (including phenoxy) is 2. The van der Waals surface area contributed by atoms with Crippen molar-refractivity contribution in [2.24, 2.45) is 11.8 Å². The average molecular weight is 806 g/mol. The number of aromatic amines is 2. The van der Waals surface area contributed by atoms with Crippen LogP contribution in [0, 0.1) is 11.8 Å². The number of nitrogens with one attached hydrogen (secondary N) is 3. The molecule has 8 rings (SSSR count). The molecule has 13 nitrogen and oxygen atoms in total. The number of halogens is 2. The van der Waals surface area contributed by atoms with Gasteiger partial charge in [-0.05, 0) is 52.1 Å². The van der Waals surface area contributed by atoms with Crippen LogP contribution >= 0.6 is 0 Å². The molecule has 0 aliphatic carbocycles. The van der Waals surface area contributed by atoms with Gasteiger partial charge in [-0.2, -0.15) is 0 Å². The molecule has 1 fully saturated rings. The van der Waals surface area contributed by atoms with Crippen LogP contribution in [0.15, 0.2) is 79.1 Å². The predicted octanol–water partition coefficient (Wildman–Crippen LogP) is 7.18. The third kappa shape index (κ3) is 7.68. The summed E-state index contributed by atoms with van der Waals surface area (Å²) in [4.78, 5) is 70.3. The first kappa shape index (κ1) is 39.4. The van der Waals surface area contributed by atoms with Crippen LogP contribution in [-0.4, -0.2) is 81.4 Å². The van der Waals surface area contributed by atoms with Gasteiger partial charge in [-0.25, -0.2) is 23.5 Å². The first-order valence-corrected chi connectivity index (χ1v) is 19.7. The Labute approximate surface area is 339 Å². The van der Waals surface area contributed by atoms with Crippen LogP contribution < -0.4 is 10.2 Å². The van der Waals surface area contributed by atoms with Gasteiger partial charge in [0.2, 0.25) is 11.8 Å². The van der Waals surface area contributed by atoms with Crippen molar-refractivity contribution in [2.45, 2.75) is 70.0 Å². The number of carbonyl (C=O) groups excluding carboxylic acids is 4. The Bertz CT molecular complexity index is 2390. The highest BCUT2D eigenvalue weighted by Gasteiger charge is 2.50. The van der Waals surface area contributed by atoms with Gasteiger partial charge in [-0.1, -0.05) is 80.6 Å². The zero-order chi connectivity index (χ0) is 41.6. The van der Waals surface area contributed by atoms with Crippen molar-refractivity contribution in [2.75, 3.05) is 25.7 Å². The summed E-state index contributed by atoms with van der Waals surface area (Å²) in [5.74, 6) is -4.55. The fourth-order valence-electron chi connectivity index (χ4n) is 8.55. The number of benzene rings is 3. The second kappa shape index (κ2) is 15.8.